The maximum Gasteiger partial charge on any atom is 0.350 e. The number of carbonyl (C=O) groups is 1. The topological polar surface area (TPSA) is 107 Å². The van der Waals surface area contributed by atoms with Gasteiger partial charge in [-0.1, -0.05) is 58.7 Å². The van der Waals surface area contributed by atoms with Crippen molar-refractivity contribution in [3.05, 3.63) is 93.5 Å². The Bertz CT molecular complexity index is 1550. The number of amides is 1. The lowest BCUT2D eigenvalue weighted by molar-refractivity contribution is -0.122. The minimum atomic E-state index is -0.447. The molecule has 0 aliphatic heterocycles. The van der Waals surface area contributed by atoms with E-state index in [1.165, 1.54) is 4.40 Å². The molecule has 0 bridgehead atoms. The lowest BCUT2D eigenvalue weighted by atomic mass is 10.1. The van der Waals surface area contributed by atoms with Gasteiger partial charge < -0.3 is 9.84 Å². The molecule has 9 nitrogen and oxygen atoms in total. The van der Waals surface area contributed by atoms with E-state index in [9.17, 15) is 9.59 Å². The second-order valence-electron chi connectivity index (χ2n) is 7.75. The quantitative estimate of drug-likeness (QED) is 0.403. The molecule has 0 atom stereocenters. The van der Waals surface area contributed by atoms with Gasteiger partial charge in [-0.25, -0.2) is 13.9 Å². The third-order valence-corrected chi connectivity index (χ3v) is 5.49. The van der Waals surface area contributed by atoms with Crippen LogP contribution in [0.2, 0.25) is 5.02 Å². The normalized spacial score (nSPS) is 11.1. The SMILES string of the molecule is Cc1ccc(CNC(=O)Cn2nc3c(-c4nc(-c5cccc(Cl)c5)no4)cccn3c2=O)cc1. The molecule has 3 heterocycles. The van der Waals surface area contributed by atoms with Gasteiger partial charge in [-0.05, 0) is 36.8 Å². The minimum absolute atomic E-state index is 0.196. The molecule has 170 valence electrons. The Kier molecular flexibility index (Phi) is 5.69. The molecular weight excluding hydrogens is 456 g/mol. The van der Waals surface area contributed by atoms with Crippen LogP contribution in [0.1, 0.15) is 11.1 Å². The summed E-state index contributed by atoms with van der Waals surface area (Å²) in [5, 5.41) is 11.7. The first-order valence-electron chi connectivity index (χ1n) is 10.5. The van der Waals surface area contributed by atoms with Gasteiger partial charge in [-0.2, -0.15) is 4.98 Å². The van der Waals surface area contributed by atoms with E-state index in [4.69, 9.17) is 16.1 Å². The zero-order valence-electron chi connectivity index (χ0n) is 18.1. The van der Waals surface area contributed by atoms with Crippen LogP contribution in [-0.4, -0.2) is 30.2 Å². The zero-order chi connectivity index (χ0) is 23.7. The number of rotatable bonds is 6. The average Bonchev–Trinajstić information content (AvgIpc) is 3.44. The summed E-state index contributed by atoms with van der Waals surface area (Å²) in [6.07, 6.45) is 1.57. The molecule has 5 aromatic rings. The molecule has 34 heavy (non-hydrogen) atoms. The van der Waals surface area contributed by atoms with E-state index in [1.807, 2.05) is 37.3 Å². The van der Waals surface area contributed by atoms with Crippen molar-refractivity contribution in [1.29, 1.82) is 0 Å². The molecule has 0 unspecified atom stereocenters. The number of carbonyl (C=O) groups excluding carboxylic acids is 1. The third kappa shape index (κ3) is 4.33. The Labute approximate surface area is 198 Å². The molecule has 0 saturated carbocycles. The molecule has 0 aliphatic carbocycles. The first-order valence-corrected chi connectivity index (χ1v) is 10.9. The van der Waals surface area contributed by atoms with Crippen LogP contribution in [-0.2, 0) is 17.9 Å². The van der Waals surface area contributed by atoms with E-state index in [1.54, 1.807) is 36.5 Å². The molecule has 1 amide bonds. The van der Waals surface area contributed by atoms with Crippen LogP contribution < -0.4 is 11.0 Å². The molecule has 3 aromatic heterocycles. The Morgan fingerprint density at radius 2 is 1.94 bits per heavy atom. The van der Waals surface area contributed by atoms with Gasteiger partial charge in [0.2, 0.25) is 11.7 Å². The molecule has 0 saturated heterocycles. The maximum atomic E-state index is 12.8. The largest absolute Gasteiger partial charge is 0.350 e. The lowest BCUT2D eigenvalue weighted by Gasteiger charge is -2.05. The summed E-state index contributed by atoms with van der Waals surface area (Å²) in [6, 6.07) is 18.3. The molecule has 0 fully saturated rings. The summed E-state index contributed by atoms with van der Waals surface area (Å²) in [5.74, 6) is 0.229. The summed E-state index contributed by atoms with van der Waals surface area (Å²) in [5.41, 5.74) is 3.14. The second kappa shape index (κ2) is 8.95. The summed E-state index contributed by atoms with van der Waals surface area (Å²) in [7, 11) is 0. The van der Waals surface area contributed by atoms with Gasteiger partial charge >= 0.3 is 5.69 Å². The van der Waals surface area contributed by atoms with E-state index < -0.39 is 5.69 Å². The number of benzene rings is 2. The molecular formula is C24H19ClN6O3. The zero-order valence-corrected chi connectivity index (χ0v) is 18.9. The van der Waals surface area contributed by atoms with Crippen LogP contribution >= 0.6 is 11.6 Å². The number of nitrogens with zero attached hydrogens (tertiary/aromatic N) is 5. The van der Waals surface area contributed by atoms with Gasteiger partial charge in [-0.3, -0.25) is 4.79 Å². The number of nitrogens with one attached hydrogen (secondary N) is 1. The Hall–Kier alpha value is -4.24. The first kappa shape index (κ1) is 21.6. The van der Waals surface area contributed by atoms with Crippen LogP contribution in [0.15, 0.2) is 76.2 Å². The van der Waals surface area contributed by atoms with E-state index in [-0.39, 0.29) is 18.3 Å². The first-order chi connectivity index (χ1) is 16.5. The predicted octanol–water partition coefficient (Wildman–Crippen LogP) is 3.49. The molecule has 10 heteroatoms. The minimum Gasteiger partial charge on any atom is -0.350 e. The second-order valence-corrected chi connectivity index (χ2v) is 8.19. The van der Waals surface area contributed by atoms with Crippen molar-refractivity contribution >= 4 is 23.2 Å². The fraction of sp³-hybridized carbons (Fsp3) is 0.125. The number of aromatic nitrogens is 5. The Balaban J connectivity index is 1.39. The van der Waals surface area contributed by atoms with Crippen molar-refractivity contribution < 1.29 is 9.32 Å². The van der Waals surface area contributed by atoms with Crippen molar-refractivity contribution in [2.75, 3.05) is 0 Å². The monoisotopic (exact) mass is 474 g/mol. The average molecular weight is 475 g/mol. The smallest absolute Gasteiger partial charge is 0.350 e. The van der Waals surface area contributed by atoms with Crippen molar-refractivity contribution in [3.8, 4) is 22.8 Å². The van der Waals surface area contributed by atoms with Gasteiger partial charge in [0.25, 0.3) is 5.89 Å². The van der Waals surface area contributed by atoms with Crippen LogP contribution in [0, 0.1) is 6.92 Å². The fourth-order valence-electron chi connectivity index (χ4n) is 3.48. The predicted molar refractivity (Wildman–Crippen MR) is 126 cm³/mol. The van der Waals surface area contributed by atoms with Gasteiger partial charge in [0.15, 0.2) is 5.65 Å². The molecule has 1 N–H and O–H groups in total. The van der Waals surface area contributed by atoms with Crippen LogP contribution in [0.5, 0.6) is 0 Å². The lowest BCUT2D eigenvalue weighted by Crippen LogP contribution is -2.32. The number of aryl methyl sites for hydroxylation is 1. The van der Waals surface area contributed by atoms with Crippen LogP contribution in [0.3, 0.4) is 0 Å². The van der Waals surface area contributed by atoms with Gasteiger partial charge in [0, 0.05) is 23.3 Å². The summed E-state index contributed by atoms with van der Waals surface area (Å²) < 4.78 is 7.88. The highest BCUT2D eigenvalue weighted by Gasteiger charge is 2.18. The van der Waals surface area contributed by atoms with E-state index in [0.29, 0.717) is 34.2 Å². The summed E-state index contributed by atoms with van der Waals surface area (Å²) in [4.78, 5) is 29.7. The Morgan fingerprint density at radius 3 is 2.74 bits per heavy atom. The highest BCUT2D eigenvalue weighted by atomic mass is 35.5. The van der Waals surface area contributed by atoms with Crippen molar-refractivity contribution in [3.63, 3.8) is 0 Å². The van der Waals surface area contributed by atoms with Crippen LogP contribution in [0.25, 0.3) is 28.5 Å². The molecule has 2 aromatic carbocycles. The fourth-order valence-corrected chi connectivity index (χ4v) is 3.67. The van der Waals surface area contributed by atoms with Crippen molar-refractivity contribution in [2.45, 2.75) is 20.0 Å². The van der Waals surface area contributed by atoms with Gasteiger partial charge in [0.05, 0.1) is 5.56 Å². The Morgan fingerprint density at radius 1 is 1.12 bits per heavy atom. The summed E-state index contributed by atoms with van der Waals surface area (Å²) in [6.45, 7) is 2.14. The molecule has 5 rings (SSSR count). The van der Waals surface area contributed by atoms with Crippen molar-refractivity contribution in [2.24, 2.45) is 0 Å². The van der Waals surface area contributed by atoms with Crippen LogP contribution in [0.4, 0.5) is 0 Å². The van der Waals surface area contributed by atoms with Gasteiger partial charge in [-0.15, -0.1) is 5.10 Å². The standard InChI is InChI=1S/C24H19ClN6O3/c1-15-7-9-16(10-8-15)13-26-20(32)14-31-24(33)30-11-3-6-19(22(30)28-31)23-27-21(29-34-23)17-4-2-5-18(25)12-17/h2-12H,13-14H2,1H3,(H,26,32). The number of pyridine rings is 1. The number of fused-ring (bicyclic) bond motifs is 1. The van der Waals surface area contributed by atoms with Gasteiger partial charge in [0.1, 0.15) is 6.54 Å². The maximum absolute atomic E-state index is 12.8. The van der Waals surface area contributed by atoms with Crippen molar-refractivity contribution in [1.82, 2.24) is 29.6 Å². The molecule has 0 aliphatic rings. The summed E-state index contributed by atoms with van der Waals surface area (Å²) >= 11 is 6.05. The highest BCUT2D eigenvalue weighted by Crippen LogP contribution is 2.25. The van der Waals surface area contributed by atoms with E-state index in [0.717, 1.165) is 15.8 Å². The number of hydrogen-bond donors (Lipinski definition) is 1. The molecule has 0 spiro atoms. The number of halogens is 1. The molecule has 0 radical (unpaired) electrons. The van der Waals surface area contributed by atoms with E-state index in [2.05, 4.69) is 20.6 Å². The third-order valence-electron chi connectivity index (χ3n) is 5.25. The van der Waals surface area contributed by atoms with E-state index >= 15 is 0 Å². The highest BCUT2D eigenvalue weighted by molar-refractivity contribution is 6.30. The number of hydrogen-bond acceptors (Lipinski definition) is 6.